The molecule has 2 N–H and O–H groups in total. The van der Waals surface area contributed by atoms with E-state index in [1.807, 2.05) is 0 Å². The van der Waals surface area contributed by atoms with Crippen LogP contribution in [0.2, 0.25) is 0 Å². The van der Waals surface area contributed by atoms with Crippen molar-refractivity contribution in [2.75, 3.05) is 6.54 Å². The van der Waals surface area contributed by atoms with Crippen molar-refractivity contribution in [1.29, 1.82) is 0 Å². The van der Waals surface area contributed by atoms with E-state index in [4.69, 9.17) is 5.11 Å². The molecule has 20 heavy (non-hydrogen) atoms. The molecule has 1 unspecified atom stereocenters. The monoisotopic (exact) mass is 288 g/mol. The minimum atomic E-state index is -2.52. The van der Waals surface area contributed by atoms with E-state index in [-0.39, 0.29) is 5.69 Å². The van der Waals surface area contributed by atoms with Gasteiger partial charge in [-0.05, 0) is 25.0 Å². The first-order valence-corrected chi connectivity index (χ1v) is 6.36. The van der Waals surface area contributed by atoms with Gasteiger partial charge in [0.25, 0.3) is 12.3 Å². The van der Waals surface area contributed by atoms with E-state index in [1.54, 1.807) is 6.92 Å². The number of nitrogens with zero attached hydrogens (tertiary/aromatic N) is 1. The molecule has 5 nitrogen and oxygen atoms in total. The first-order chi connectivity index (χ1) is 9.41. The molecule has 1 heterocycles. The van der Waals surface area contributed by atoms with Crippen LogP contribution in [0.1, 0.15) is 30.3 Å². The highest BCUT2D eigenvalue weighted by Gasteiger charge is 2.14. The van der Waals surface area contributed by atoms with E-state index in [9.17, 15) is 18.4 Å². The molecule has 1 aromatic rings. The number of carbonyl (C=O) groups excluding carboxylic acids is 1. The number of aliphatic carboxylic acids is 1. The smallest absolute Gasteiger partial charge is 0.306 e. The van der Waals surface area contributed by atoms with Gasteiger partial charge in [-0.25, -0.2) is 8.78 Å². The molecule has 0 radical (unpaired) electrons. The lowest BCUT2D eigenvalue weighted by molar-refractivity contribution is -0.141. The molecule has 0 aliphatic carbocycles. The number of rotatable bonds is 8. The second-order valence-corrected chi connectivity index (χ2v) is 4.57. The fourth-order valence-corrected chi connectivity index (χ4v) is 1.75. The molecule has 0 saturated carbocycles. The lowest BCUT2D eigenvalue weighted by atomic mass is 10.1. The lowest BCUT2D eigenvalue weighted by Crippen LogP contribution is -2.28. The van der Waals surface area contributed by atoms with Crippen LogP contribution in [-0.2, 0) is 11.3 Å². The van der Waals surface area contributed by atoms with E-state index in [0.717, 1.165) is 0 Å². The van der Waals surface area contributed by atoms with Crippen LogP contribution >= 0.6 is 0 Å². The fourth-order valence-electron chi connectivity index (χ4n) is 1.75. The summed E-state index contributed by atoms with van der Waals surface area (Å²) in [6.07, 6.45) is -0.124. The fraction of sp³-hybridized carbons (Fsp3) is 0.538. The number of carboxylic acids is 1. The van der Waals surface area contributed by atoms with Crippen LogP contribution in [0.4, 0.5) is 8.78 Å². The normalized spacial score (nSPS) is 12.4. The molecule has 7 heteroatoms. The number of nitrogens with one attached hydrogen (secondary N) is 1. The maximum Gasteiger partial charge on any atom is 0.306 e. The summed E-state index contributed by atoms with van der Waals surface area (Å²) in [5.74, 6) is -1.77. The standard InChI is InChI=1S/C13H18F2N2O3/c1-9(13(19)20)4-2-6-16-12(18)10-5-3-7-17(10)8-11(14)15/h3,5,7,9,11H,2,4,6,8H2,1H3,(H,16,18)(H,19,20). The molecule has 0 saturated heterocycles. The van der Waals surface area contributed by atoms with Crippen molar-refractivity contribution < 1.29 is 23.5 Å². The summed E-state index contributed by atoms with van der Waals surface area (Å²) in [4.78, 5) is 22.4. The molecule has 1 amide bonds. The van der Waals surface area contributed by atoms with Crippen molar-refractivity contribution in [1.82, 2.24) is 9.88 Å². The Morgan fingerprint density at radius 3 is 2.75 bits per heavy atom. The van der Waals surface area contributed by atoms with Gasteiger partial charge in [-0.2, -0.15) is 0 Å². The highest BCUT2D eigenvalue weighted by Crippen LogP contribution is 2.07. The van der Waals surface area contributed by atoms with Gasteiger partial charge in [-0.15, -0.1) is 0 Å². The van der Waals surface area contributed by atoms with Gasteiger partial charge < -0.3 is 15.0 Å². The Hall–Kier alpha value is -1.92. The highest BCUT2D eigenvalue weighted by molar-refractivity contribution is 5.92. The molecule has 0 bridgehead atoms. The van der Waals surface area contributed by atoms with Crippen LogP contribution < -0.4 is 5.32 Å². The Labute approximate surface area is 115 Å². The minimum Gasteiger partial charge on any atom is -0.481 e. The number of alkyl halides is 2. The van der Waals surface area contributed by atoms with Crippen LogP contribution in [0.5, 0.6) is 0 Å². The zero-order valence-electron chi connectivity index (χ0n) is 11.2. The number of hydrogen-bond acceptors (Lipinski definition) is 2. The Morgan fingerprint density at radius 1 is 1.45 bits per heavy atom. The summed E-state index contributed by atoms with van der Waals surface area (Å²) in [7, 11) is 0. The SMILES string of the molecule is CC(CCCNC(=O)c1cccn1CC(F)F)C(=O)O. The molecule has 1 atom stereocenters. The molecule has 112 valence electrons. The number of aromatic nitrogens is 1. The summed E-state index contributed by atoms with van der Waals surface area (Å²) in [5, 5.41) is 11.3. The molecular weight excluding hydrogens is 270 g/mol. The number of hydrogen-bond donors (Lipinski definition) is 2. The first-order valence-electron chi connectivity index (χ1n) is 6.36. The molecule has 1 aromatic heterocycles. The summed E-state index contributed by atoms with van der Waals surface area (Å²) in [5.41, 5.74) is 0.177. The van der Waals surface area contributed by atoms with Gasteiger partial charge in [0.15, 0.2) is 0 Å². The van der Waals surface area contributed by atoms with Crippen molar-refractivity contribution in [3.8, 4) is 0 Å². The van der Waals surface area contributed by atoms with Gasteiger partial charge in [0.2, 0.25) is 0 Å². The van der Waals surface area contributed by atoms with E-state index in [0.29, 0.717) is 19.4 Å². The van der Waals surface area contributed by atoms with E-state index < -0.39 is 30.8 Å². The summed E-state index contributed by atoms with van der Waals surface area (Å²) < 4.78 is 25.8. The van der Waals surface area contributed by atoms with Crippen LogP contribution in [0.25, 0.3) is 0 Å². The molecule has 0 fully saturated rings. The molecule has 0 aliphatic rings. The number of amides is 1. The summed E-state index contributed by atoms with van der Waals surface area (Å²) >= 11 is 0. The zero-order valence-corrected chi connectivity index (χ0v) is 11.2. The predicted octanol–water partition coefficient (Wildman–Crippen LogP) is 1.98. The maximum atomic E-state index is 12.3. The molecular formula is C13H18F2N2O3. The summed E-state index contributed by atoms with van der Waals surface area (Å²) in [6.45, 7) is 1.39. The molecule has 0 aliphatic heterocycles. The third kappa shape index (κ3) is 4.99. The van der Waals surface area contributed by atoms with Crippen LogP contribution in [-0.4, -0.2) is 34.5 Å². The number of carbonyl (C=O) groups is 2. The van der Waals surface area contributed by atoms with Crippen molar-refractivity contribution in [2.45, 2.75) is 32.7 Å². The maximum absolute atomic E-state index is 12.3. The van der Waals surface area contributed by atoms with Crippen molar-refractivity contribution >= 4 is 11.9 Å². The Balaban J connectivity index is 2.40. The number of halogens is 2. The van der Waals surface area contributed by atoms with Gasteiger partial charge in [0, 0.05) is 12.7 Å². The van der Waals surface area contributed by atoms with Crippen LogP contribution in [0, 0.1) is 5.92 Å². The summed E-state index contributed by atoms with van der Waals surface area (Å²) in [6, 6.07) is 3.00. The van der Waals surface area contributed by atoms with E-state index in [1.165, 1.54) is 22.9 Å². The average Bonchev–Trinajstić information content (AvgIpc) is 2.81. The third-order valence-electron chi connectivity index (χ3n) is 2.92. The van der Waals surface area contributed by atoms with E-state index >= 15 is 0 Å². The second-order valence-electron chi connectivity index (χ2n) is 4.57. The van der Waals surface area contributed by atoms with Gasteiger partial charge in [-0.1, -0.05) is 6.92 Å². The van der Waals surface area contributed by atoms with Crippen molar-refractivity contribution in [3.63, 3.8) is 0 Å². The minimum absolute atomic E-state index is 0.177. The van der Waals surface area contributed by atoms with Crippen molar-refractivity contribution in [2.24, 2.45) is 5.92 Å². The Kier molecular flexibility index (Phi) is 6.14. The van der Waals surface area contributed by atoms with Crippen molar-refractivity contribution in [3.05, 3.63) is 24.0 Å². The zero-order chi connectivity index (χ0) is 15.1. The van der Waals surface area contributed by atoms with Gasteiger partial charge in [0.1, 0.15) is 5.69 Å². The van der Waals surface area contributed by atoms with Gasteiger partial charge >= 0.3 is 5.97 Å². The third-order valence-corrected chi connectivity index (χ3v) is 2.92. The Bertz CT molecular complexity index is 460. The quantitative estimate of drug-likeness (QED) is 0.719. The molecule has 1 rings (SSSR count). The van der Waals surface area contributed by atoms with Gasteiger partial charge in [-0.3, -0.25) is 9.59 Å². The average molecular weight is 288 g/mol. The Morgan fingerprint density at radius 2 is 2.15 bits per heavy atom. The van der Waals surface area contributed by atoms with Gasteiger partial charge in [0.05, 0.1) is 12.5 Å². The predicted molar refractivity (Wildman–Crippen MR) is 68.8 cm³/mol. The molecule has 0 aromatic carbocycles. The first kappa shape index (κ1) is 16.1. The van der Waals surface area contributed by atoms with E-state index in [2.05, 4.69) is 5.32 Å². The highest BCUT2D eigenvalue weighted by atomic mass is 19.3. The largest absolute Gasteiger partial charge is 0.481 e. The molecule has 0 spiro atoms. The number of carboxylic acid groups (broad SMARTS) is 1. The second kappa shape index (κ2) is 7.62. The van der Waals surface area contributed by atoms with Crippen LogP contribution in [0.3, 0.4) is 0 Å². The topological polar surface area (TPSA) is 71.3 Å². The lowest BCUT2D eigenvalue weighted by Gasteiger charge is -2.10. The van der Waals surface area contributed by atoms with Crippen LogP contribution in [0.15, 0.2) is 18.3 Å².